The molecule has 0 aliphatic heterocycles. The third kappa shape index (κ3) is 4.48. The van der Waals surface area contributed by atoms with Crippen LogP contribution in [0.2, 0.25) is 0 Å². The molecule has 1 aromatic heterocycles. The smallest absolute Gasteiger partial charge is 0.195 e. The zero-order chi connectivity index (χ0) is 13.9. The number of benzene rings is 1. The van der Waals surface area contributed by atoms with Crippen LogP contribution >= 0.6 is 0 Å². The number of hydrogen-bond donors (Lipinski definition) is 0. The van der Waals surface area contributed by atoms with Crippen molar-refractivity contribution in [2.45, 2.75) is 13.5 Å². The normalized spacial score (nSPS) is 11.3. The third-order valence-electron chi connectivity index (χ3n) is 2.58. The SMILES string of the molecule is Cc1cc(N=S(C)(C)=O)c[n+](Cc2ccccc2)c1. The first-order valence-electron chi connectivity index (χ1n) is 6.14. The van der Waals surface area contributed by atoms with Crippen LogP contribution in [0.25, 0.3) is 0 Å². The van der Waals surface area contributed by atoms with Gasteiger partial charge in [-0.2, -0.15) is 8.93 Å². The van der Waals surface area contributed by atoms with Gasteiger partial charge in [0, 0.05) is 33.4 Å². The molecule has 2 aromatic rings. The summed E-state index contributed by atoms with van der Waals surface area (Å²) in [5.41, 5.74) is 3.12. The fourth-order valence-corrected chi connectivity index (χ4v) is 2.57. The number of aromatic nitrogens is 1. The molecule has 4 heteroatoms. The summed E-state index contributed by atoms with van der Waals surface area (Å²) in [6.45, 7) is 2.81. The second-order valence-corrected chi connectivity index (χ2v) is 7.55. The molecule has 2 rings (SSSR count). The Morgan fingerprint density at radius 1 is 1.16 bits per heavy atom. The Hall–Kier alpha value is -1.68. The van der Waals surface area contributed by atoms with Crippen LogP contribution in [0.15, 0.2) is 53.2 Å². The highest BCUT2D eigenvalue weighted by atomic mass is 32.2. The van der Waals surface area contributed by atoms with Crippen LogP contribution in [0.4, 0.5) is 5.69 Å². The van der Waals surface area contributed by atoms with Crippen molar-refractivity contribution in [3.8, 4) is 0 Å². The lowest BCUT2D eigenvalue weighted by molar-refractivity contribution is -0.688. The largest absolute Gasteiger partial charge is 0.250 e. The molecule has 1 heterocycles. The second kappa shape index (κ2) is 5.53. The summed E-state index contributed by atoms with van der Waals surface area (Å²) in [6.07, 6.45) is 7.31. The highest BCUT2D eigenvalue weighted by Gasteiger charge is 2.07. The molecule has 3 nitrogen and oxygen atoms in total. The van der Waals surface area contributed by atoms with E-state index in [2.05, 4.69) is 27.3 Å². The van der Waals surface area contributed by atoms with Gasteiger partial charge in [-0.15, -0.1) is 0 Å². The second-order valence-electron chi connectivity index (χ2n) is 5.00. The molecule has 1 aromatic carbocycles. The summed E-state index contributed by atoms with van der Waals surface area (Å²) >= 11 is 0. The Bertz CT molecular complexity index is 679. The average Bonchev–Trinajstić information content (AvgIpc) is 2.26. The maximum absolute atomic E-state index is 11.8. The van der Waals surface area contributed by atoms with Crippen molar-refractivity contribution < 1.29 is 8.78 Å². The van der Waals surface area contributed by atoms with E-state index >= 15 is 0 Å². The van der Waals surface area contributed by atoms with Crippen LogP contribution in [0, 0.1) is 6.92 Å². The first-order chi connectivity index (χ1) is 8.92. The summed E-state index contributed by atoms with van der Waals surface area (Å²) in [7, 11) is -2.12. The zero-order valence-electron chi connectivity index (χ0n) is 11.5. The number of rotatable bonds is 3. The number of pyridine rings is 1. The van der Waals surface area contributed by atoms with Crippen molar-refractivity contribution >= 4 is 15.4 Å². The molecule has 100 valence electrons. The molecule has 0 bridgehead atoms. The Labute approximate surface area is 115 Å². The zero-order valence-corrected chi connectivity index (χ0v) is 12.4. The van der Waals surface area contributed by atoms with Gasteiger partial charge in [-0.05, 0) is 13.0 Å². The number of nitrogens with zero attached hydrogens (tertiary/aromatic N) is 2. The van der Waals surface area contributed by atoms with Crippen LogP contribution in [0.1, 0.15) is 11.1 Å². The molecule has 0 N–H and O–H groups in total. The van der Waals surface area contributed by atoms with E-state index in [9.17, 15) is 4.21 Å². The van der Waals surface area contributed by atoms with Gasteiger partial charge in [0.25, 0.3) is 0 Å². The molecule has 0 saturated carbocycles. The minimum Gasteiger partial charge on any atom is -0.250 e. The maximum atomic E-state index is 11.8. The van der Waals surface area contributed by atoms with E-state index in [-0.39, 0.29) is 0 Å². The van der Waals surface area contributed by atoms with Crippen molar-refractivity contribution in [3.05, 3.63) is 59.9 Å². The molecule has 0 aliphatic rings. The Morgan fingerprint density at radius 2 is 1.84 bits per heavy atom. The van der Waals surface area contributed by atoms with E-state index in [1.165, 1.54) is 5.56 Å². The molecular formula is C15H19N2OS+. The number of hydrogen-bond acceptors (Lipinski definition) is 2. The van der Waals surface area contributed by atoms with Gasteiger partial charge < -0.3 is 0 Å². The standard InChI is InChI=1S/C15H19N2OS/c1-13-9-15(16-19(2,3)18)12-17(10-13)11-14-7-5-4-6-8-14/h4-10,12H,11H2,1-3H3/q+1. The van der Waals surface area contributed by atoms with Gasteiger partial charge in [0.15, 0.2) is 18.9 Å². The Morgan fingerprint density at radius 3 is 2.47 bits per heavy atom. The summed E-state index contributed by atoms with van der Waals surface area (Å²) in [6, 6.07) is 12.2. The van der Waals surface area contributed by atoms with Crippen molar-refractivity contribution in [1.29, 1.82) is 0 Å². The monoisotopic (exact) mass is 275 g/mol. The van der Waals surface area contributed by atoms with Crippen LogP contribution in [0.3, 0.4) is 0 Å². The lowest BCUT2D eigenvalue weighted by Crippen LogP contribution is -2.33. The van der Waals surface area contributed by atoms with Gasteiger partial charge in [-0.25, -0.2) is 4.21 Å². The minimum atomic E-state index is -2.12. The number of aryl methyl sites for hydroxylation is 1. The van der Waals surface area contributed by atoms with Crippen molar-refractivity contribution in [2.24, 2.45) is 4.36 Å². The molecule has 0 radical (unpaired) electrons. The maximum Gasteiger partial charge on any atom is 0.195 e. The first-order valence-corrected chi connectivity index (χ1v) is 8.47. The summed E-state index contributed by atoms with van der Waals surface area (Å²) < 4.78 is 18.1. The predicted molar refractivity (Wildman–Crippen MR) is 79.0 cm³/mol. The van der Waals surface area contributed by atoms with Gasteiger partial charge in [-0.1, -0.05) is 30.3 Å². The lowest BCUT2D eigenvalue weighted by atomic mass is 10.2. The summed E-state index contributed by atoms with van der Waals surface area (Å²) in [5, 5.41) is 0. The van der Waals surface area contributed by atoms with E-state index in [4.69, 9.17) is 0 Å². The van der Waals surface area contributed by atoms with E-state index in [1.54, 1.807) is 12.5 Å². The van der Waals surface area contributed by atoms with E-state index < -0.39 is 9.73 Å². The van der Waals surface area contributed by atoms with Crippen molar-refractivity contribution in [3.63, 3.8) is 0 Å². The van der Waals surface area contributed by atoms with Gasteiger partial charge in [0.1, 0.15) is 5.69 Å². The molecule has 0 saturated heterocycles. The molecular weight excluding hydrogens is 256 g/mol. The van der Waals surface area contributed by atoms with Gasteiger partial charge in [0.05, 0.1) is 0 Å². The minimum absolute atomic E-state index is 0.769. The third-order valence-corrected chi connectivity index (χ3v) is 3.23. The lowest BCUT2D eigenvalue weighted by Gasteiger charge is -2.01. The van der Waals surface area contributed by atoms with Gasteiger partial charge >= 0.3 is 0 Å². The van der Waals surface area contributed by atoms with E-state index in [0.717, 1.165) is 17.8 Å². The molecule has 0 unspecified atom stereocenters. The predicted octanol–water partition coefficient (Wildman–Crippen LogP) is 2.69. The van der Waals surface area contributed by atoms with Crippen molar-refractivity contribution in [1.82, 2.24) is 0 Å². The molecule has 0 atom stereocenters. The molecule has 19 heavy (non-hydrogen) atoms. The topological polar surface area (TPSA) is 33.3 Å². The van der Waals surface area contributed by atoms with E-state index in [0.29, 0.717) is 0 Å². The molecule has 0 fully saturated rings. The summed E-state index contributed by atoms with van der Waals surface area (Å²) in [5.74, 6) is 0. The van der Waals surface area contributed by atoms with Crippen LogP contribution in [-0.2, 0) is 16.3 Å². The van der Waals surface area contributed by atoms with Crippen molar-refractivity contribution in [2.75, 3.05) is 12.5 Å². The van der Waals surface area contributed by atoms with Crippen LogP contribution < -0.4 is 4.57 Å². The fourth-order valence-electron chi connectivity index (χ4n) is 1.97. The quantitative estimate of drug-likeness (QED) is 0.793. The van der Waals surface area contributed by atoms with E-state index in [1.807, 2.05) is 37.4 Å². The molecule has 0 spiro atoms. The van der Waals surface area contributed by atoms with Crippen LogP contribution in [0.5, 0.6) is 0 Å². The highest BCUT2D eigenvalue weighted by Crippen LogP contribution is 2.13. The Balaban J connectivity index is 2.35. The highest BCUT2D eigenvalue weighted by molar-refractivity contribution is 7.92. The first kappa shape index (κ1) is 13.7. The van der Waals surface area contributed by atoms with Gasteiger partial charge in [-0.3, -0.25) is 0 Å². The molecule has 0 aliphatic carbocycles. The van der Waals surface area contributed by atoms with Crippen LogP contribution in [-0.4, -0.2) is 16.7 Å². The molecule has 0 amide bonds. The summed E-state index contributed by atoms with van der Waals surface area (Å²) in [4.78, 5) is 0. The Kier molecular flexibility index (Phi) is 4.00. The fraction of sp³-hybridized carbons (Fsp3) is 0.267. The average molecular weight is 275 g/mol. The van der Waals surface area contributed by atoms with Gasteiger partial charge in [0.2, 0.25) is 0 Å².